The van der Waals surface area contributed by atoms with Gasteiger partial charge in [0.15, 0.2) is 0 Å². The zero-order valence-corrected chi connectivity index (χ0v) is 15.0. The number of carbonyl (C=O) groups is 1. The van der Waals surface area contributed by atoms with E-state index in [1.54, 1.807) is 11.3 Å². The molecule has 1 aromatic carbocycles. The summed E-state index contributed by atoms with van der Waals surface area (Å²) in [6, 6.07) is 8.09. The van der Waals surface area contributed by atoms with Crippen LogP contribution in [0.2, 0.25) is 0 Å². The third kappa shape index (κ3) is 4.65. The highest BCUT2D eigenvalue weighted by molar-refractivity contribution is 7.09. The van der Waals surface area contributed by atoms with Gasteiger partial charge >= 0.3 is 0 Å². The molecule has 0 unspecified atom stereocenters. The number of benzene rings is 1. The van der Waals surface area contributed by atoms with E-state index in [2.05, 4.69) is 33.1 Å². The van der Waals surface area contributed by atoms with Crippen molar-refractivity contribution in [3.8, 4) is 0 Å². The van der Waals surface area contributed by atoms with E-state index in [-0.39, 0.29) is 5.91 Å². The molecule has 0 spiro atoms. The lowest BCUT2D eigenvalue weighted by atomic mass is 9.90. The van der Waals surface area contributed by atoms with Crippen LogP contribution < -0.4 is 10.6 Å². The van der Waals surface area contributed by atoms with Crippen molar-refractivity contribution in [1.29, 1.82) is 0 Å². The molecule has 2 aromatic rings. The quantitative estimate of drug-likeness (QED) is 0.792. The normalized spacial score (nSPS) is 17.6. The fourth-order valence-electron chi connectivity index (χ4n) is 3.13. The first-order valence-electron chi connectivity index (χ1n) is 8.72. The second-order valence-corrected chi connectivity index (χ2v) is 7.35. The minimum atomic E-state index is 0.0240. The van der Waals surface area contributed by atoms with Gasteiger partial charge in [-0.1, -0.05) is 12.1 Å². The number of rotatable bonds is 6. The van der Waals surface area contributed by atoms with Gasteiger partial charge in [-0.3, -0.25) is 4.79 Å². The summed E-state index contributed by atoms with van der Waals surface area (Å²) in [4.78, 5) is 16.8. The largest absolute Gasteiger partial charge is 0.352 e. The molecule has 1 fully saturated rings. The van der Waals surface area contributed by atoms with E-state index in [4.69, 9.17) is 0 Å². The summed E-state index contributed by atoms with van der Waals surface area (Å²) < 4.78 is 0. The van der Waals surface area contributed by atoms with Gasteiger partial charge in [0.2, 0.25) is 0 Å². The van der Waals surface area contributed by atoms with Gasteiger partial charge < -0.3 is 10.6 Å². The number of aromatic nitrogens is 1. The SMILES string of the molecule is Cc1csc(CCCNC(=O)c2cccc([C@H]3CCCNC3)c2)n1. The molecular formula is C19H25N3OS. The number of amides is 1. The van der Waals surface area contributed by atoms with Crippen LogP contribution in [0.5, 0.6) is 0 Å². The zero-order valence-electron chi connectivity index (χ0n) is 14.2. The first-order chi connectivity index (χ1) is 11.7. The van der Waals surface area contributed by atoms with Gasteiger partial charge in [0, 0.05) is 36.1 Å². The van der Waals surface area contributed by atoms with Crippen molar-refractivity contribution in [2.45, 2.75) is 38.5 Å². The van der Waals surface area contributed by atoms with Crippen molar-refractivity contribution in [3.63, 3.8) is 0 Å². The second kappa shape index (κ2) is 8.40. The maximum atomic E-state index is 12.4. The maximum absolute atomic E-state index is 12.4. The van der Waals surface area contributed by atoms with E-state index in [9.17, 15) is 4.79 Å². The second-order valence-electron chi connectivity index (χ2n) is 6.41. The van der Waals surface area contributed by atoms with Crippen LogP contribution in [0.3, 0.4) is 0 Å². The number of nitrogens with zero attached hydrogens (tertiary/aromatic N) is 1. The highest BCUT2D eigenvalue weighted by Gasteiger charge is 2.16. The topological polar surface area (TPSA) is 54.0 Å². The lowest BCUT2D eigenvalue weighted by Gasteiger charge is -2.23. The minimum absolute atomic E-state index is 0.0240. The van der Waals surface area contributed by atoms with Gasteiger partial charge in [-0.2, -0.15) is 0 Å². The van der Waals surface area contributed by atoms with E-state index < -0.39 is 0 Å². The summed E-state index contributed by atoms with van der Waals surface area (Å²) in [5.41, 5.74) is 3.12. The molecule has 1 aliphatic heterocycles. The van der Waals surface area contributed by atoms with Gasteiger partial charge in [0.05, 0.1) is 5.01 Å². The molecule has 1 amide bonds. The van der Waals surface area contributed by atoms with Crippen LogP contribution in [-0.2, 0) is 6.42 Å². The molecule has 24 heavy (non-hydrogen) atoms. The molecule has 0 radical (unpaired) electrons. The Kier molecular flexibility index (Phi) is 5.99. The Morgan fingerprint density at radius 3 is 3.12 bits per heavy atom. The Labute approximate surface area is 147 Å². The molecule has 0 aliphatic carbocycles. The molecule has 2 heterocycles. The fraction of sp³-hybridized carbons (Fsp3) is 0.474. The van der Waals surface area contributed by atoms with Crippen LogP contribution in [0, 0.1) is 6.92 Å². The van der Waals surface area contributed by atoms with E-state index in [1.165, 1.54) is 18.4 Å². The van der Waals surface area contributed by atoms with Gasteiger partial charge in [-0.25, -0.2) is 4.98 Å². The zero-order chi connectivity index (χ0) is 16.8. The highest BCUT2D eigenvalue weighted by Crippen LogP contribution is 2.23. The van der Waals surface area contributed by atoms with Crippen LogP contribution >= 0.6 is 11.3 Å². The average Bonchev–Trinajstić information content (AvgIpc) is 3.05. The summed E-state index contributed by atoms with van der Waals surface area (Å²) in [5, 5.41) is 9.68. The third-order valence-electron chi connectivity index (χ3n) is 4.44. The number of carbonyl (C=O) groups excluding carboxylic acids is 1. The molecule has 3 rings (SSSR count). The molecule has 0 bridgehead atoms. The number of nitrogens with one attached hydrogen (secondary N) is 2. The average molecular weight is 343 g/mol. The molecule has 1 aliphatic rings. The molecule has 128 valence electrons. The van der Waals surface area contributed by atoms with Gasteiger partial charge in [0.25, 0.3) is 5.91 Å². The van der Waals surface area contributed by atoms with Crippen molar-refractivity contribution in [2.24, 2.45) is 0 Å². The molecule has 5 heteroatoms. The molecule has 2 N–H and O–H groups in total. The van der Waals surface area contributed by atoms with Gasteiger partial charge in [0.1, 0.15) is 0 Å². The Morgan fingerprint density at radius 1 is 1.46 bits per heavy atom. The minimum Gasteiger partial charge on any atom is -0.352 e. The highest BCUT2D eigenvalue weighted by atomic mass is 32.1. The van der Waals surface area contributed by atoms with E-state index in [0.717, 1.165) is 42.2 Å². The van der Waals surface area contributed by atoms with Gasteiger partial charge in [-0.15, -0.1) is 11.3 Å². The molecule has 1 atom stereocenters. The number of thiazole rings is 1. The first-order valence-corrected chi connectivity index (χ1v) is 9.60. The first kappa shape index (κ1) is 17.1. The van der Waals surface area contributed by atoms with Gasteiger partial charge in [-0.05, 0) is 56.3 Å². The standard InChI is InChI=1S/C19H25N3OS/c1-14-13-24-18(22-14)8-4-10-21-19(23)16-6-2-5-15(11-16)17-7-3-9-20-12-17/h2,5-6,11,13,17,20H,3-4,7-10,12H2,1H3,(H,21,23)/t17-/m0/s1. The lowest BCUT2D eigenvalue weighted by molar-refractivity contribution is 0.0953. The van der Waals surface area contributed by atoms with E-state index >= 15 is 0 Å². The van der Waals surface area contributed by atoms with Crippen LogP contribution in [0.25, 0.3) is 0 Å². The van der Waals surface area contributed by atoms with Crippen molar-refractivity contribution in [1.82, 2.24) is 15.6 Å². The number of aryl methyl sites for hydroxylation is 2. The van der Waals surface area contributed by atoms with Crippen LogP contribution in [0.1, 0.15) is 51.8 Å². The van der Waals surface area contributed by atoms with Crippen LogP contribution in [0.15, 0.2) is 29.6 Å². The molecular weight excluding hydrogens is 318 g/mol. The molecule has 4 nitrogen and oxygen atoms in total. The fourth-order valence-corrected chi connectivity index (χ4v) is 3.95. The van der Waals surface area contributed by atoms with E-state index in [0.29, 0.717) is 12.5 Å². The number of hydrogen-bond donors (Lipinski definition) is 2. The summed E-state index contributed by atoms with van der Waals surface area (Å²) in [6.45, 7) is 4.82. The molecule has 1 aromatic heterocycles. The lowest BCUT2D eigenvalue weighted by Crippen LogP contribution is -2.29. The third-order valence-corrected chi connectivity index (χ3v) is 5.46. The predicted octanol–water partition coefficient (Wildman–Crippen LogP) is 3.28. The van der Waals surface area contributed by atoms with Crippen molar-refractivity contribution >= 4 is 17.2 Å². The summed E-state index contributed by atoms with van der Waals surface area (Å²) in [6.07, 6.45) is 4.25. The monoisotopic (exact) mass is 343 g/mol. The number of piperidine rings is 1. The van der Waals surface area contributed by atoms with Crippen LogP contribution in [0.4, 0.5) is 0 Å². The summed E-state index contributed by atoms with van der Waals surface area (Å²) >= 11 is 1.69. The maximum Gasteiger partial charge on any atom is 0.251 e. The number of hydrogen-bond acceptors (Lipinski definition) is 4. The Hall–Kier alpha value is -1.72. The summed E-state index contributed by atoms with van der Waals surface area (Å²) in [7, 11) is 0. The summed E-state index contributed by atoms with van der Waals surface area (Å²) in [5.74, 6) is 0.551. The van der Waals surface area contributed by atoms with Crippen molar-refractivity contribution in [2.75, 3.05) is 19.6 Å². The Balaban J connectivity index is 1.49. The van der Waals surface area contributed by atoms with Crippen molar-refractivity contribution < 1.29 is 4.79 Å². The van der Waals surface area contributed by atoms with E-state index in [1.807, 2.05) is 19.1 Å². The van der Waals surface area contributed by atoms with Crippen molar-refractivity contribution in [3.05, 3.63) is 51.5 Å². The Bertz CT molecular complexity index is 677. The van der Waals surface area contributed by atoms with Crippen LogP contribution in [-0.4, -0.2) is 30.5 Å². The molecule has 1 saturated heterocycles. The predicted molar refractivity (Wildman–Crippen MR) is 98.8 cm³/mol. The molecule has 0 saturated carbocycles. The smallest absolute Gasteiger partial charge is 0.251 e. The Morgan fingerprint density at radius 2 is 2.38 bits per heavy atom.